The molecule has 1 N–H and O–H groups in total. The molecule has 4 nitrogen and oxygen atoms in total. The van der Waals surface area contributed by atoms with E-state index in [4.69, 9.17) is 9.47 Å². The van der Waals surface area contributed by atoms with Gasteiger partial charge in [-0.2, -0.15) is 0 Å². The minimum Gasteiger partial charge on any atom is -0.497 e. The second-order valence-corrected chi connectivity index (χ2v) is 4.51. The maximum Gasteiger partial charge on any atom is 0.255 e. The molecule has 0 aliphatic rings. The Morgan fingerprint density at radius 3 is 2.19 bits per heavy atom. The molecule has 0 saturated carbocycles. The minimum atomic E-state index is -0.368. The molecule has 0 unspecified atom stereocenters. The summed E-state index contributed by atoms with van der Waals surface area (Å²) in [6.07, 6.45) is 0. The number of rotatable bonds is 4. The second kappa shape index (κ2) is 6.26. The van der Waals surface area contributed by atoms with Crippen LogP contribution in [0.2, 0.25) is 0 Å². The van der Waals surface area contributed by atoms with Crippen molar-refractivity contribution in [2.24, 2.45) is 0 Å². The topological polar surface area (TPSA) is 47.6 Å². The number of amides is 1. The first-order valence-electron chi connectivity index (χ1n) is 6.34. The van der Waals surface area contributed by atoms with Crippen molar-refractivity contribution in [3.8, 4) is 11.5 Å². The zero-order chi connectivity index (χ0) is 15.4. The number of ether oxygens (including phenoxy) is 2. The fraction of sp³-hybridized carbons (Fsp3) is 0.188. The Hall–Kier alpha value is -2.56. The van der Waals surface area contributed by atoms with Gasteiger partial charge in [-0.3, -0.25) is 4.79 Å². The average Bonchev–Trinajstić information content (AvgIpc) is 2.46. The van der Waals surface area contributed by atoms with Gasteiger partial charge in [0, 0.05) is 29.4 Å². The maximum atomic E-state index is 13.1. The van der Waals surface area contributed by atoms with E-state index in [1.54, 1.807) is 25.1 Å². The van der Waals surface area contributed by atoms with Crippen LogP contribution in [0.1, 0.15) is 15.9 Å². The first kappa shape index (κ1) is 14.8. The van der Waals surface area contributed by atoms with Crippen LogP contribution < -0.4 is 14.8 Å². The van der Waals surface area contributed by atoms with Gasteiger partial charge in [-0.25, -0.2) is 4.39 Å². The molecule has 2 aromatic carbocycles. The molecule has 0 fully saturated rings. The van der Waals surface area contributed by atoms with Crippen LogP contribution in [0.4, 0.5) is 10.1 Å². The first-order chi connectivity index (χ1) is 10.0. The summed E-state index contributed by atoms with van der Waals surface area (Å²) in [6, 6.07) is 9.10. The molecule has 1 amide bonds. The monoisotopic (exact) mass is 289 g/mol. The summed E-state index contributed by atoms with van der Waals surface area (Å²) in [4.78, 5) is 12.2. The molecule has 5 heteroatoms. The van der Waals surface area contributed by atoms with Crippen LogP contribution in [0.25, 0.3) is 0 Å². The quantitative estimate of drug-likeness (QED) is 0.938. The normalized spacial score (nSPS) is 10.1. The number of anilines is 1. The van der Waals surface area contributed by atoms with E-state index in [1.165, 1.54) is 32.4 Å². The number of nitrogens with one attached hydrogen (secondary N) is 1. The fourth-order valence-corrected chi connectivity index (χ4v) is 1.96. The standard InChI is InChI=1S/C16H16FNO3/c1-10-6-11(17)4-5-15(10)16(19)18-12-7-13(20-2)9-14(8-12)21-3/h4-9H,1-3H3,(H,18,19). The zero-order valence-electron chi connectivity index (χ0n) is 12.1. The average molecular weight is 289 g/mol. The molecule has 21 heavy (non-hydrogen) atoms. The molecule has 0 heterocycles. The van der Waals surface area contributed by atoms with Crippen molar-refractivity contribution < 1.29 is 18.7 Å². The first-order valence-corrected chi connectivity index (χ1v) is 6.34. The van der Waals surface area contributed by atoms with E-state index in [2.05, 4.69) is 5.32 Å². The molecule has 0 spiro atoms. The molecular weight excluding hydrogens is 273 g/mol. The summed E-state index contributed by atoms with van der Waals surface area (Å²) in [5.74, 6) is 0.455. The number of methoxy groups -OCH3 is 2. The lowest BCUT2D eigenvalue weighted by atomic mass is 10.1. The van der Waals surface area contributed by atoms with Crippen molar-refractivity contribution in [3.05, 3.63) is 53.3 Å². The van der Waals surface area contributed by atoms with Crippen molar-refractivity contribution in [1.82, 2.24) is 0 Å². The number of carbonyl (C=O) groups excluding carboxylic acids is 1. The zero-order valence-corrected chi connectivity index (χ0v) is 12.1. The molecule has 0 aromatic heterocycles. The molecule has 0 atom stereocenters. The molecule has 2 rings (SSSR count). The van der Waals surface area contributed by atoms with Gasteiger partial charge >= 0.3 is 0 Å². The van der Waals surface area contributed by atoms with Gasteiger partial charge in [0.1, 0.15) is 17.3 Å². The molecule has 0 saturated heterocycles. The Bertz CT molecular complexity index is 648. The Morgan fingerprint density at radius 1 is 1.05 bits per heavy atom. The molecule has 0 bridgehead atoms. The van der Waals surface area contributed by atoms with Gasteiger partial charge in [0.25, 0.3) is 5.91 Å². The van der Waals surface area contributed by atoms with Crippen LogP contribution in [-0.2, 0) is 0 Å². The highest BCUT2D eigenvalue weighted by Gasteiger charge is 2.11. The third-order valence-corrected chi connectivity index (χ3v) is 3.04. The van der Waals surface area contributed by atoms with Crippen molar-refractivity contribution in [1.29, 1.82) is 0 Å². The van der Waals surface area contributed by atoms with E-state index in [0.29, 0.717) is 28.3 Å². The van der Waals surface area contributed by atoms with E-state index in [-0.39, 0.29) is 11.7 Å². The molecule has 110 valence electrons. The SMILES string of the molecule is COc1cc(NC(=O)c2ccc(F)cc2C)cc(OC)c1. The minimum absolute atomic E-state index is 0.317. The maximum absolute atomic E-state index is 13.1. The lowest BCUT2D eigenvalue weighted by Gasteiger charge is -2.11. The van der Waals surface area contributed by atoms with Crippen molar-refractivity contribution >= 4 is 11.6 Å². The van der Waals surface area contributed by atoms with Crippen LogP contribution in [0.5, 0.6) is 11.5 Å². The largest absolute Gasteiger partial charge is 0.497 e. The molecular formula is C16H16FNO3. The predicted octanol–water partition coefficient (Wildman–Crippen LogP) is 3.40. The van der Waals surface area contributed by atoms with Crippen LogP contribution in [-0.4, -0.2) is 20.1 Å². The summed E-state index contributed by atoms with van der Waals surface area (Å²) in [7, 11) is 3.06. The highest BCUT2D eigenvalue weighted by Crippen LogP contribution is 2.26. The highest BCUT2D eigenvalue weighted by atomic mass is 19.1. The smallest absolute Gasteiger partial charge is 0.255 e. The van der Waals surface area contributed by atoms with Crippen molar-refractivity contribution in [3.63, 3.8) is 0 Å². The number of benzene rings is 2. The van der Waals surface area contributed by atoms with Gasteiger partial charge in [-0.1, -0.05) is 0 Å². The summed E-state index contributed by atoms with van der Waals surface area (Å²) in [5.41, 5.74) is 1.53. The number of hydrogen-bond donors (Lipinski definition) is 1. The molecule has 0 aliphatic heterocycles. The Kier molecular flexibility index (Phi) is 4.42. The summed E-state index contributed by atoms with van der Waals surface area (Å²) in [5, 5.41) is 2.75. The third-order valence-electron chi connectivity index (χ3n) is 3.04. The van der Waals surface area contributed by atoms with E-state index in [1.807, 2.05) is 0 Å². The van der Waals surface area contributed by atoms with Crippen LogP contribution in [0.15, 0.2) is 36.4 Å². The summed E-state index contributed by atoms with van der Waals surface area (Å²) >= 11 is 0. The van der Waals surface area contributed by atoms with Crippen molar-refractivity contribution in [2.45, 2.75) is 6.92 Å². The van der Waals surface area contributed by atoms with Gasteiger partial charge < -0.3 is 14.8 Å². The van der Waals surface area contributed by atoms with Crippen molar-refractivity contribution in [2.75, 3.05) is 19.5 Å². The van der Waals surface area contributed by atoms with Crippen LogP contribution >= 0.6 is 0 Å². The summed E-state index contributed by atoms with van der Waals surface area (Å²) < 4.78 is 23.4. The Balaban J connectivity index is 2.26. The lowest BCUT2D eigenvalue weighted by Crippen LogP contribution is -2.13. The van der Waals surface area contributed by atoms with E-state index < -0.39 is 0 Å². The second-order valence-electron chi connectivity index (χ2n) is 4.51. The highest BCUT2D eigenvalue weighted by molar-refractivity contribution is 6.05. The lowest BCUT2D eigenvalue weighted by molar-refractivity contribution is 0.102. The Morgan fingerprint density at radius 2 is 1.67 bits per heavy atom. The van der Waals surface area contributed by atoms with Gasteiger partial charge in [0.15, 0.2) is 0 Å². The summed E-state index contributed by atoms with van der Waals surface area (Å²) in [6.45, 7) is 1.68. The fourth-order valence-electron chi connectivity index (χ4n) is 1.96. The number of hydrogen-bond acceptors (Lipinski definition) is 3. The predicted molar refractivity (Wildman–Crippen MR) is 78.6 cm³/mol. The Labute approximate surface area is 122 Å². The van der Waals surface area contributed by atoms with E-state index in [9.17, 15) is 9.18 Å². The molecule has 0 radical (unpaired) electrons. The number of carbonyl (C=O) groups is 1. The third kappa shape index (κ3) is 3.51. The van der Waals surface area contributed by atoms with E-state index in [0.717, 1.165) is 0 Å². The molecule has 2 aromatic rings. The number of halogens is 1. The number of aryl methyl sites for hydroxylation is 1. The van der Waals surface area contributed by atoms with Gasteiger partial charge in [-0.05, 0) is 30.7 Å². The van der Waals surface area contributed by atoms with Crippen LogP contribution in [0.3, 0.4) is 0 Å². The van der Waals surface area contributed by atoms with E-state index >= 15 is 0 Å². The van der Waals surface area contributed by atoms with Crippen LogP contribution in [0, 0.1) is 12.7 Å². The van der Waals surface area contributed by atoms with Gasteiger partial charge in [-0.15, -0.1) is 0 Å². The van der Waals surface area contributed by atoms with Gasteiger partial charge in [0.05, 0.1) is 14.2 Å². The van der Waals surface area contributed by atoms with Gasteiger partial charge in [0.2, 0.25) is 0 Å². The molecule has 0 aliphatic carbocycles.